The number of hydrogen-bond donors (Lipinski definition) is 4. The largest absolute Gasteiger partial charge is 0.481 e. The Balaban J connectivity index is 2.52. The summed E-state index contributed by atoms with van der Waals surface area (Å²) in [4.78, 5) is 43.4. The van der Waals surface area contributed by atoms with Gasteiger partial charge >= 0.3 is 11.9 Å². The molecule has 0 aliphatic heterocycles. The number of unbranched alkanes of at least 4 members (excludes halogenated alkanes) is 1. The molecule has 0 saturated heterocycles. The first-order valence-corrected chi connectivity index (χ1v) is 10.9. The van der Waals surface area contributed by atoms with Crippen molar-refractivity contribution < 1.29 is 24.6 Å². The predicted molar refractivity (Wildman–Crippen MR) is 126 cm³/mol. The molecule has 1 atom stereocenters. The summed E-state index contributed by atoms with van der Waals surface area (Å²) < 4.78 is 0. The van der Waals surface area contributed by atoms with Crippen molar-refractivity contribution in [3.63, 3.8) is 0 Å². The molecule has 0 radical (unpaired) electrons. The lowest BCUT2D eigenvalue weighted by Gasteiger charge is -2.23. The zero-order valence-electron chi connectivity index (χ0n) is 19.5. The molecule has 2 aromatic rings. The maximum absolute atomic E-state index is 11.7. The van der Waals surface area contributed by atoms with Gasteiger partial charge in [0, 0.05) is 29.3 Å². The van der Waals surface area contributed by atoms with E-state index in [-0.39, 0.29) is 24.8 Å². The van der Waals surface area contributed by atoms with E-state index in [1.807, 2.05) is 6.92 Å². The van der Waals surface area contributed by atoms with E-state index in [4.69, 9.17) is 5.73 Å². The Labute approximate surface area is 193 Å². The van der Waals surface area contributed by atoms with E-state index < -0.39 is 17.4 Å². The monoisotopic (exact) mass is 456 g/mol. The molecule has 1 heterocycles. The number of aryl methyl sites for hydroxylation is 1. The number of hydrogen-bond acceptors (Lipinski definition) is 7. The Morgan fingerprint density at radius 1 is 1.24 bits per heavy atom. The van der Waals surface area contributed by atoms with Crippen LogP contribution < -0.4 is 11.1 Å². The third kappa shape index (κ3) is 6.50. The fourth-order valence-electron chi connectivity index (χ4n) is 3.61. The molecule has 0 saturated carbocycles. The highest BCUT2D eigenvalue weighted by atomic mass is 16.4. The molecule has 0 aliphatic carbocycles. The lowest BCUT2D eigenvalue weighted by molar-refractivity contribution is -0.142. The average Bonchev–Trinajstić information content (AvgIpc) is 2.73. The molecule has 1 aromatic heterocycles. The number of nitrogens with two attached hydrogens (primary N) is 1. The first kappa shape index (κ1) is 25.8. The van der Waals surface area contributed by atoms with Crippen molar-refractivity contribution in [1.82, 2.24) is 9.97 Å². The second-order valence-corrected chi connectivity index (χ2v) is 8.71. The Morgan fingerprint density at radius 2 is 1.94 bits per heavy atom. The number of carboxylic acid groups (broad SMARTS) is 2. The van der Waals surface area contributed by atoms with Crippen LogP contribution in [0.2, 0.25) is 0 Å². The zero-order chi connectivity index (χ0) is 24.8. The molecular weight excluding hydrogens is 424 g/mol. The predicted octanol–water partition coefficient (Wildman–Crippen LogP) is 3.58. The number of carboxylic acids is 2. The summed E-state index contributed by atoms with van der Waals surface area (Å²) in [6.07, 6.45) is 3.31. The van der Waals surface area contributed by atoms with Crippen molar-refractivity contribution in [2.24, 2.45) is 0 Å². The zero-order valence-corrected chi connectivity index (χ0v) is 19.5. The van der Waals surface area contributed by atoms with Crippen molar-refractivity contribution in [1.29, 1.82) is 0 Å². The van der Waals surface area contributed by atoms with Crippen molar-refractivity contribution in [2.75, 3.05) is 11.1 Å². The number of rotatable bonds is 12. The molecule has 9 heteroatoms. The molecule has 0 fully saturated rings. The fraction of sp³-hybridized carbons (Fsp3) is 0.458. The van der Waals surface area contributed by atoms with Gasteiger partial charge < -0.3 is 21.3 Å². The second kappa shape index (κ2) is 10.9. The first-order chi connectivity index (χ1) is 15.5. The van der Waals surface area contributed by atoms with Crippen LogP contribution in [0.4, 0.5) is 11.8 Å². The van der Waals surface area contributed by atoms with Crippen molar-refractivity contribution >= 4 is 30.0 Å². The van der Waals surface area contributed by atoms with Gasteiger partial charge in [-0.2, -0.15) is 4.98 Å². The van der Waals surface area contributed by atoms with Crippen LogP contribution in [0.5, 0.6) is 0 Å². The standard InChI is InChI=1S/C24H32N4O5/c1-5-6-7-18(12-20(30)31)27-21-19(14(2)26-23(25)28-21)11-16-10-17(9-8-15(16)13-29)24(3,4)22(32)33/h8-10,13,18H,5-7,11-12H2,1-4H3,(H,30,31)(H,32,33)(H3,25,26,27,28)/t18-/m0/s1. The number of nitrogen functional groups attached to an aromatic ring is 1. The number of aldehydes is 1. The number of anilines is 2. The molecular formula is C24H32N4O5. The third-order valence-electron chi connectivity index (χ3n) is 5.79. The normalized spacial score (nSPS) is 12.2. The summed E-state index contributed by atoms with van der Waals surface area (Å²) in [5.41, 5.74) is 7.60. The molecule has 33 heavy (non-hydrogen) atoms. The van der Waals surface area contributed by atoms with Crippen molar-refractivity contribution in [3.8, 4) is 0 Å². The molecule has 0 spiro atoms. The quantitative estimate of drug-likeness (QED) is 0.351. The summed E-state index contributed by atoms with van der Waals surface area (Å²) in [6, 6.07) is 4.61. The van der Waals surface area contributed by atoms with Crippen LogP contribution in [-0.4, -0.2) is 44.4 Å². The molecule has 9 nitrogen and oxygen atoms in total. The summed E-state index contributed by atoms with van der Waals surface area (Å²) in [5.74, 6) is -1.42. The topological polar surface area (TPSA) is 155 Å². The van der Waals surface area contributed by atoms with Gasteiger partial charge in [0.1, 0.15) is 12.1 Å². The Kier molecular flexibility index (Phi) is 8.50. The third-order valence-corrected chi connectivity index (χ3v) is 5.79. The van der Waals surface area contributed by atoms with E-state index in [9.17, 15) is 24.6 Å². The Bertz CT molecular complexity index is 1040. The average molecular weight is 457 g/mol. The number of aliphatic carboxylic acids is 2. The number of carbonyl (C=O) groups excluding carboxylic acids is 1. The van der Waals surface area contributed by atoms with E-state index in [2.05, 4.69) is 15.3 Å². The van der Waals surface area contributed by atoms with Gasteiger partial charge in [0.15, 0.2) is 0 Å². The Morgan fingerprint density at radius 3 is 2.52 bits per heavy atom. The molecule has 0 bridgehead atoms. The van der Waals surface area contributed by atoms with E-state index in [1.165, 1.54) is 0 Å². The molecule has 5 N–H and O–H groups in total. The second-order valence-electron chi connectivity index (χ2n) is 8.71. The van der Waals surface area contributed by atoms with Gasteiger partial charge in [-0.1, -0.05) is 38.0 Å². The van der Waals surface area contributed by atoms with Crippen molar-refractivity contribution in [2.45, 2.75) is 71.3 Å². The number of aromatic nitrogens is 2. The van der Waals surface area contributed by atoms with Crippen LogP contribution in [0, 0.1) is 6.92 Å². The van der Waals surface area contributed by atoms with E-state index in [0.717, 1.165) is 19.1 Å². The SMILES string of the molecule is CCCC[C@@H](CC(=O)O)Nc1nc(N)nc(C)c1Cc1cc(C(C)(C)C(=O)O)ccc1C=O. The lowest BCUT2D eigenvalue weighted by atomic mass is 9.82. The van der Waals surface area contributed by atoms with Crippen LogP contribution in [0.15, 0.2) is 18.2 Å². The van der Waals surface area contributed by atoms with Gasteiger partial charge in [0.2, 0.25) is 5.95 Å². The Hall–Kier alpha value is -3.49. The smallest absolute Gasteiger partial charge is 0.313 e. The highest BCUT2D eigenvalue weighted by Crippen LogP contribution is 2.29. The molecule has 1 aromatic carbocycles. The maximum atomic E-state index is 11.7. The van der Waals surface area contributed by atoms with Gasteiger partial charge in [-0.15, -0.1) is 0 Å². The van der Waals surface area contributed by atoms with E-state index in [0.29, 0.717) is 40.2 Å². The van der Waals surface area contributed by atoms with Crippen LogP contribution in [0.25, 0.3) is 0 Å². The lowest BCUT2D eigenvalue weighted by Crippen LogP contribution is -2.28. The highest BCUT2D eigenvalue weighted by Gasteiger charge is 2.30. The number of carbonyl (C=O) groups is 3. The molecule has 0 amide bonds. The van der Waals surface area contributed by atoms with Crippen LogP contribution >= 0.6 is 0 Å². The molecule has 0 unspecified atom stereocenters. The summed E-state index contributed by atoms with van der Waals surface area (Å²) in [5, 5.41) is 22.1. The van der Waals surface area contributed by atoms with Crippen LogP contribution in [0.3, 0.4) is 0 Å². The highest BCUT2D eigenvalue weighted by molar-refractivity contribution is 5.82. The van der Waals surface area contributed by atoms with Gasteiger partial charge in [-0.3, -0.25) is 14.4 Å². The minimum atomic E-state index is -1.14. The van der Waals surface area contributed by atoms with E-state index in [1.54, 1.807) is 39.0 Å². The van der Waals surface area contributed by atoms with Crippen LogP contribution in [-0.2, 0) is 21.4 Å². The minimum Gasteiger partial charge on any atom is -0.481 e. The molecule has 2 rings (SSSR count). The van der Waals surface area contributed by atoms with Gasteiger partial charge in [0.25, 0.3) is 0 Å². The van der Waals surface area contributed by atoms with Gasteiger partial charge in [-0.25, -0.2) is 4.98 Å². The van der Waals surface area contributed by atoms with Crippen molar-refractivity contribution in [3.05, 3.63) is 46.1 Å². The number of benzene rings is 1. The fourth-order valence-corrected chi connectivity index (χ4v) is 3.61. The van der Waals surface area contributed by atoms with Gasteiger partial charge in [0.05, 0.1) is 11.8 Å². The first-order valence-electron chi connectivity index (χ1n) is 10.9. The van der Waals surface area contributed by atoms with Crippen LogP contribution in [0.1, 0.15) is 79.2 Å². The number of nitrogens with one attached hydrogen (secondary N) is 1. The maximum Gasteiger partial charge on any atom is 0.313 e. The summed E-state index contributed by atoms with van der Waals surface area (Å²) in [6.45, 7) is 7.00. The summed E-state index contributed by atoms with van der Waals surface area (Å²) in [7, 11) is 0. The van der Waals surface area contributed by atoms with Gasteiger partial charge in [-0.05, 0) is 38.3 Å². The minimum absolute atomic E-state index is 0.0553. The summed E-state index contributed by atoms with van der Waals surface area (Å²) >= 11 is 0. The molecule has 178 valence electrons. The number of nitrogens with zero attached hydrogens (tertiary/aromatic N) is 2. The van der Waals surface area contributed by atoms with E-state index >= 15 is 0 Å². The molecule has 0 aliphatic rings.